The SMILES string of the molecule is CN1CCN(C)C(CNC(=O)C(C)(C)C(C)(C)N)C1. The summed E-state index contributed by atoms with van der Waals surface area (Å²) in [6, 6.07) is 0.374. The van der Waals surface area contributed by atoms with Gasteiger partial charge in [0.1, 0.15) is 0 Å². The van der Waals surface area contributed by atoms with E-state index in [4.69, 9.17) is 5.73 Å². The number of amides is 1. The largest absolute Gasteiger partial charge is 0.354 e. The quantitative estimate of drug-likeness (QED) is 0.761. The predicted molar refractivity (Wildman–Crippen MR) is 79.0 cm³/mol. The van der Waals surface area contributed by atoms with E-state index in [1.54, 1.807) is 0 Å². The second kappa shape index (κ2) is 5.77. The lowest BCUT2D eigenvalue weighted by atomic mass is 9.74. The lowest BCUT2D eigenvalue weighted by Crippen LogP contribution is -2.59. The molecule has 1 aliphatic rings. The Kier molecular flexibility index (Phi) is 4.98. The number of hydrogen-bond acceptors (Lipinski definition) is 4. The highest BCUT2D eigenvalue weighted by Gasteiger charge is 2.40. The molecule has 5 nitrogen and oxygen atoms in total. The first-order valence-corrected chi connectivity index (χ1v) is 7.01. The van der Waals surface area contributed by atoms with Gasteiger partial charge in [0.05, 0.1) is 5.41 Å². The fourth-order valence-corrected chi connectivity index (χ4v) is 2.05. The third-order valence-electron chi connectivity index (χ3n) is 4.66. The highest BCUT2D eigenvalue weighted by atomic mass is 16.2. The van der Waals surface area contributed by atoms with Gasteiger partial charge in [0.25, 0.3) is 0 Å². The molecule has 0 aromatic heterocycles. The molecular weight excluding hydrogens is 240 g/mol. The van der Waals surface area contributed by atoms with Gasteiger partial charge in [-0.3, -0.25) is 9.69 Å². The van der Waals surface area contributed by atoms with Crippen molar-refractivity contribution in [2.45, 2.75) is 39.3 Å². The molecule has 1 unspecified atom stereocenters. The molecule has 0 radical (unpaired) electrons. The van der Waals surface area contributed by atoms with Crippen molar-refractivity contribution in [3.05, 3.63) is 0 Å². The van der Waals surface area contributed by atoms with Crippen LogP contribution in [0.15, 0.2) is 0 Å². The molecule has 0 bridgehead atoms. The van der Waals surface area contributed by atoms with Crippen LogP contribution in [-0.4, -0.2) is 67.6 Å². The lowest BCUT2D eigenvalue weighted by molar-refractivity contribution is -0.132. The van der Waals surface area contributed by atoms with Crippen molar-refractivity contribution in [3.63, 3.8) is 0 Å². The Hall–Kier alpha value is -0.650. The molecule has 5 heteroatoms. The molecular formula is C14H30N4O. The van der Waals surface area contributed by atoms with Gasteiger partial charge in [-0.25, -0.2) is 0 Å². The van der Waals surface area contributed by atoms with Crippen LogP contribution in [0.1, 0.15) is 27.7 Å². The number of likely N-dealkylation sites (N-methyl/N-ethyl adjacent to an activating group) is 2. The van der Waals surface area contributed by atoms with Gasteiger partial charge in [-0.2, -0.15) is 0 Å². The number of carbonyl (C=O) groups is 1. The fraction of sp³-hybridized carbons (Fsp3) is 0.929. The zero-order valence-electron chi connectivity index (χ0n) is 13.3. The molecule has 112 valence electrons. The van der Waals surface area contributed by atoms with E-state index in [1.807, 2.05) is 27.7 Å². The molecule has 1 saturated heterocycles. The van der Waals surface area contributed by atoms with E-state index in [9.17, 15) is 4.79 Å². The molecule has 0 aromatic rings. The van der Waals surface area contributed by atoms with Crippen LogP contribution in [0.4, 0.5) is 0 Å². The minimum Gasteiger partial charge on any atom is -0.354 e. The Morgan fingerprint density at radius 1 is 1.26 bits per heavy atom. The number of nitrogens with two attached hydrogens (primary N) is 1. The molecule has 1 heterocycles. The standard InChI is InChI=1S/C14H30N4O/c1-13(2,14(3,4)15)12(19)16-9-11-10-17(5)7-8-18(11)6/h11H,7-10,15H2,1-6H3,(H,16,19). The Morgan fingerprint density at radius 2 is 1.84 bits per heavy atom. The molecule has 1 aliphatic heterocycles. The fourth-order valence-electron chi connectivity index (χ4n) is 2.05. The molecule has 1 amide bonds. The van der Waals surface area contributed by atoms with E-state index in [-0.39, 0.29) is 5.91 Å². The number of hydrogen-bond donors (Lipinski definition) is 2. The molecule has 0 saturated carbocycles. The summed E-state index contributed by atoms with van der Waals surface area (Å²) in [6.45, 7) is 11.4. The Bertz CT molecular complexity index is 322. The zero-order valence-corrected chi connectivity index (χ0v) is 13.3. The summed E-state index contributed by atoms with van der Waals surface area (Å²) in [5, 5.41) is 3.06. The molecule has 0 spiro atoms. The van der Waals surface area contributed by atoms with Crippen molar-refractivity contribution in [1.82, 2.24) is 15.1 Å². The van der Waals surface area contributed by atoms with Gasteiger partial charge in [0.15, 0.2) is 0 Å². The number of nitrogens with one attached hydrogen (secondary N) is 1. The second-order valence-electron chi connectivity index (χ2n) is 6.95. The summed E-state index contributed by atoms with van der Waals surface area (Å²) >= 11 is 0. The number of carbonyl (C=O) groups excluding carboxylic acids is 1. The Labute approximate surface area is 117 Å². The minimum absolute atomic E-state index is 0.0293. The maximum Gasteiger partial charge on any atom is 0.227 e. The van der Waals surface area contributed by atoms with Gasteiger partial charge in [0, 0.05) is 37.8 Å². The van der Waals surface area contributed by atoms with E-state index in [0.717, 1.165) is 19.6 Å². The average Bonchev–Trinajstić information content (AvgIpc) is 2.28. The summed E-state index contributed by atoms with van der Waals surface area (Å²) in [5.41, 5.74) is 4.98. The summed E-state index contributed by atoms with van der Waals surface area (Å²) < 4.78 is 0. The summed E-state index contributed by atoms with van der Waals surface area (Å²) in [4.78, 5) is 16.9. The van der Waals surface area contributed by atoms with Gasteiger partial charge in [-0.05, 0) is 41.8 Å². The molecule has 3 N–H and O–H groups in total. The van der Waals surface area contributed by atoms with Crippen LogP contribution in [-0.2, 0) is 4.79 Å². The lowest BCUT2D eigenvalue weighted by Gasteiger charge is -2.40. The third-order valence-corrected chi connectivity index (χ3v) is 4.66. The van der Waals surface area contributed by atoms with Crippen molar-refractivity contribution in [2.75, 3.05) is 40.3 Å². The Morgan fingerprint density at radius 3 is 2.37 bits per heavy atom. The topological polar surface area (TPSA) is 61.6 Å². The first-order valence-electron chi connectivity index (χ1n) is 7.01. The smallest absolute Gasteiger partial charge is 0.227 e. The van der Waals surface area contributed by atoms with Crippen LogP contribution in [0.3, 0.4) is 0 Å². The zero-order chi connectivity index (χ0) is 14.8. The van der Waals surface area contributed by atoms with Crippen molar-refractivity contribution >= 4 is 5.91 Å². The monoisotopic (exact) mass is 270 g/mol. The maximum atomic E-state index is 12.3. The Balaban J connectivity index is 2.54. The van der Waals surface area contributed by atoms with Crippen LogP contribution < -0.4 is 11.1 Å². The van der Waals surface area contributed by atoms with E-state index in [1.165, 1.54) is 0 Å². The summed E-state index contributed by atoms with van der Waals surface area (Å²) in [7, 11) is 4.23. The maximum absolute atomic E-state index is 12.3. The van der Waals surface area contributed by atoms with Crippen molar-refractivity contribution < 1.29 is 4.79 Å². The number of piperazine rings is 1. The minimum atomic E-state index is -0.577. The molecule has 0 aliphatic carbocycles. The first kappa shape index (κ1) is 16.4. The van der Waals surface area contributed by atoms with Crippen LogP contribution in [0.25, 0.3) is 0 Å². The van der Waals surface area contributed by atoms with E-state index in [0.29, 0.717) is 12.6 Å². The third kappa shape index (κ3) is 3.91. The van der Waals surface area contributed by atoms with Crippen molar-refractivity contribution in [3.8, 4) is 0 Å². The molecule has 0 aromatic carbocycles. The molecule has 1 rings (SSSR count). The van der Waals surface area contributed by atoms with Gasteiger partial charge in [-0.1, -0.05) is 0 Å². The van der Waals surface area contributed by atoms with Crippen LogP contribution in [0, 0.1) is 5.41 Å². The number of rotatable bonds is 4. The first-order chi connectivity index (χ1) is 8.55. The van der Waals surface area contributed by atoms with Gasteiger partial charge >= 0.3 is 0 Å². The predicted octanol–water partition coefficient (Wildman–Crippen LogP) is 0.112. The van der Waals surface area contributed by atoms with E-state index >= 15 is 0 Å². The second-order valence-corrected chi connectivity index (χ2v) is 6.95. The van der Waals surface area contributed by atoms with E-state index < -0.39 is 11.0 Å². The normalized spacial score (nSPS) is 23.4. The molecule has 1 fully saturated rings. The molecule has 1 atom stereocenters. The van der Waals surface area contributed by atoms with E-state index in [2.05, 4.69) is 29.2 Å². The van der Waals surface area contributed by atoms with Crippen molar-refractivity contribution in [1.29, 1.82) is 0 Å². The van der Waals surface area contributed by atoms with Crippen LogP contribution in [0.5, 0.6) is 0 Å². The summed E-state index contributed by atoms with van der Waals surface area (Å²) in [6.07, 6.45) is 0. The van der Waals surface area contributed by atoms with Gasteiger partial charge < -0.3 is 16.0 Å². The van der Waals surface area contributed by atoms with Gasteiger partial charge in [-0.15, -0.1) is 0 Å². The highest BCUT2D eigenvalue weighted by molar-refractivity contribution is 5.83. The van der Waals surface area contributed by atoms with Crippen molar-refractivity contribution in [2.24, 2.45) is 11.1 Å². The number of nitrogens with zero attached hydrogens (tertiary/aromatic N) is 2. The van der Waals surface area contributed by atoms with Gasteiger partial charge in [0.2, 0.25) is 5.91 Å². The average molecular weight is 270 g/mol. The highest BCUT2D eigenvalue weighted by Crippen LogP contribution is 2.28. The van der Waals surface area contributed by atoms with Crippen LogP contribution in [0.2, 0.25) is 0 Å². The summed E-state index contributed by atoms with van der Waals surface area (Å²) in [5.74, 6) is 0.0293. The van der Waals surface area contributed by atoms with Crippen LogP contribution >= 0.6 is 0 Å². The molecule has 19 heavy (non-hydrogen) atoms.